The van der Waals surface area contributed by atoms with Gasteiger partial charge in [0.15, 0.2) is 0 Å². The highest BCUT2D eigenvalue weighted by Crippen LogP contribution is 2.24. The lowest BCUT2D eigenvalue weighted by atomic mass is 10.00. The summed E-state index contributed by atoms with van der Waals surface area (Å²) in [6, 6.07) is 31.7. The van der Waals surface area contributed by atoms with Crippen molar-refractivity contribution in [2.45, 2.75) is 43.7 Å². The average Bonchev–Trinajstić information content (AvgIpc) is 3.03. The van der Waals surface area contributed by atoms with Crippen LogP contribution in [-0.2, 0) is 21.4 Å². The van der Waals surface area contributed by atoms with Crippen LogP contribution in [0.3, 0.4) is 0 Å². The molecule has 8 heteroatoms. The van der Waals surface area contributed by atoms with E-state index in [1.165, 1.54) is 4.31 Å². The molecule has 0 aliphatic carbocycles. The van der Waals surface area contributed by atoms with E-state index in [0.29, 0.717) is 44.5 Å². The Morgan fingerprint density at radius 2 is 1.43 bits per heavy atom. The fraction of sp³-hybridized carbons (Fsp3) is 0.294. The van der Waals surface area contributed by atoms with E-state index in [1.54, 1.807) is 30.3 Å². The van der Waals surface area contributed by atoms with E-state index in [-0.39, 0.29) is 35.8 Å². The molecule has 0 N–H and O–H groups in total. The summed E-state index contributed by atoms with van der Waals surface area (Å²) in [6.07, 6.45) is 1.83. The van der Waals surface area contributed by atoms with Crippen molar-refractivity contribution >= 4 is 32.6 Å². The van der Waals surface area contributed by atoms with Crippen molar-refractivity contribution in [2.24, 2.45) is 0 Å². The second-order valence-corrected chi connectivity index (χ2v) is 12.7. The van der Waals surface area contributed by atoms with Crippen LogP contribution in [0.25, 0.3) is 10.8 Å². The van der Waals surface area contributed by atoms with Gasteiger partial charge in [-0.2, -0.15) is 4.31 Å². The minimum absolute atomic E-state index is 0.0109. The van der Waals surface area contributed by atoms with Gasteiger partial charge in [0, 0.05) is 37.8 Å². The Bertz CT molecular complexity index is 1620. The maximum absolute atomic E-state index is 13.9. The summed E-state index contributed by atoms with van der Waals surface area (Å²) in [5.41, 5.74) is 1.64. The zero-order valence-electron chi connectivity index (χ0n) is 23.9. The van der Waals surface area contributed by atoms with Crippen molar-refractivity contribution in [3.05, 3.63) is 114 Å². The largest absolute Gasteiger partial charge is 0.338 e. The van der Waals surface area contributed by atoms with Gasteiger partial charge in [0.25, 0.3) is 5.91 Å². The highest BCUT2D eigenvalue weighted by molar-refractivity contribution is 7.89. The molecule has 0 bridgehead atoms. The van der Waals surface area contributed by atoms with Crippen LogP contribution in [0.15, 0.2) is 108 Å². The Labute approximate surface area is 248 Å². The summed E-state index contributed by atoms with van der Waals surface area (Å²) in [5.74, 6) is -0.241. The maximum atomic E-state index is 13.9. The molecule has 218 valence electrons. The molecule has 0 atom stereocenters. The summed E-state index contributed by atoms with van der Waals surface area (Å²) in [6.45, 7) is 3.36. The van der Waals surface area contributed by atoms with Crippen molar-refractivity contribution in [3.63, 3.8) is 0 Å². The van der Waals surface area contributed by atoms with Crippen LogP contribution in [0, 0.1) is 0 Å². The van der Waals surface area contributed by atoms with E-state index < -0.39 is 10.0 Å². The number of benzene rings is 4. The normalized spacial score (nSPS) is 14.3. The molecule has 5 rings (SSSR count). The number of hydrogen-bond acceptors (Lipinski definition) is 4. The van der Waals surface area contributed by atoms with Crippen LogP contribution in [-0.4, -0.2) is 66.6 Å². The summed E-state index contributed by atoms with van der Waals surface area (Å²) in [7, 11) is -3.83. The third kappa shape index (κ3) is 6.72. The smallest absolute Gasteiger partial charge is 0.253 e. The molecule has 0 spiro atoms. The topological polar surface area (TPSA) is 78.0 Å². The van der Waals surface area contributed by atoms with Crippen LogP contribution < -0.4 is 0 Å². The molecule has 4 aromatic carbocycles. The number of carbonyl (C=O) groups excluding carboxylic acids is 2. The Morgan fingerprint density at radius 3 is 2.10 bits per heavy atom. The maximum Gasteiger partial charge on any atom is 0.253 e. The van der Waals surface area contributed by atoms with Gasteiger partial charge in [-0.15, -0.1) is 0 Å². The van der Waals surface area contributed by atoms with Gasteiger partial charge in [-0.05, 0) is 59.9 Å². The quantitative estimate of drug-likeness (QED) is 0.244. The summed E-state index contributed by atoms with van der Waals surface area (Å²) >= 11 is 0. The Hall–Kier alpha value is -4.01. The van der Waals surface area contributed by atoms with E-state index >= 15 is 0 Å². The Balaban J connectivity index is 1.32. The van der Waals surface area contributed by atoms with E-state index in [9.17, 15) is 18.0 Å². The molecule has 1 saturated heterocycles. The van der Waals surface area contributed by atoms with Crippen molar-refractivity contribution < 1.29 is 18.0 Å². The van der Waals surface area contributed by atoms with Crippen LogP contribution in [0.4, 0.5) is 0 Å². The average molecular weight is 584 g/mol. The first-order valence-corrected chi connectivity index (χ1v) is 16.0. The third-order valence-corrected chi connectivity index (χ3v) is 9.73. The number of rotatable bonds is 10. The molecule has 1 aliphatic heterocycles. The highest BCUT2D eigenvalue weighted by Gasteiger charge is 2.33. The first-order chi connectivity index (χ1) is 20.4. The fourth-order valence-electron chi connectivity index (χ4n) is 5.60. The van der Waals surface area contributed by atoms with E-state index in [1.807, 2.05) is 89.5 Å². The van der Waals surface area contributed by atoms with E-state index in [2.05, 4.69) is 0 Å². The fourth-order valence-corrected chi connectivity index (χ4v) is 7.11. The van der Waals surface area contributed by atoms with Gasteiger partial charge in [-0.1, -0.05) is 85.8 Å². The molecule has 7 nitrogen and oxygen atoms in total. The SMILES string of the molecule is CCCN(CC(=O)N(Cc1ccccc1)C1CCN(C(=O)c2ccc3ccccc3c2)CC1)S(=O)(=O)c1ccccc1. The van der Waals surface area contributed by atoms with Crippen LogP contribution in [0.1, 0.15) is 42.1 Å². The second-order valence-electron chi connectivity index (χ2n) is 10.7. The Morgan fingerprint density at radius 1 is 0.810 bits per heavy atom. The molecule has 42 heavy (non-hydrogen) atoms. The molecule has 1 aliphatic rings. The number of piperidine rings is 1. The minimum Gasteiger partial charge on any atom is -0.338 e. The van der Waals surface area contributed by atoms with Gasteiger partial charge in [0.2, 0.25) is 15.9 Å². The minimum atomic E-state index is -3.83. The first kappa shape index (κ1) is 29.5. The molecule has 2 amide bonds. The number of carbonyl (C=O) groups is 2. The number of likely N-dealkylation sites (tertiary alicyclic amines) is 1. The summed E-state index contributed by atoms with van der Waals surface area (Å²) < 4.78 is 28.2. The number of fused-ring (bicyclic) bond motifs is 1. The molecule has 0 radical (unpaired) electrons. The van der Waals surface area contributed by atoms with Gasteiger partial charge in [-0.25, -0.2) is 8.42 Å². The van der Waals surface area contributed by atoms with Crippen LogP contribution in [0.2, 0.25) is 0 Å². The monoisotopic (exact) mass is 583 g/mol. The second kappa shape index (κ2) is 13.3. The molecule has 0 unspecified atom stereocenters. The number of amides is 2. The number of hydrogen-bond donors (Lipinski definition) is 0. The van der Waals surface area contributed by atoms with Crippen molar-refractivity contribution in [1.82, 2.24) is 14.1 Å². The Kier molecular flexibility index (Phi) is 9.35. The van der Waals surface area contributed by atoms with Crippen LogP contribution >= 0.6 is 0 Å². The lowest BCUT2D eigenvalue weighted by Crippen LogP contribution is -2.51. The lowest BCUT2D eigenvalue weighted by Gasteiger charge is -2.39. The number of nitrogens with zero attached hydrogens (tertiary/aromatic N) is 3. The van der Waals surface area contributed by atoms with Gasteiger partial charge >= 0.3 is 0 Å². The van der Waals surface area contributed by atoms with Gasteiger partial charge < -0.3 is 9.80 Å². The molecule has 1 fully saturated rings. The van der Waals surface area contributed by atoms with E-state index in [4.69, 9.17) is 0 Å². The van der Waals surface area contributed by atoms with Crippen molar-refractivity contribution in [1.29, 1.82) is 0 Å². The number of sulfonamides is 1. The predicted octanol–water partition coefficient (Wildman–Crippen LogP) is 5.57. The van der Waals surface area contributed by atoms with Crippen molar-refractivity contribution in [2.75, 3.05) is 26.2 Å². The zero-order chi connectivity index (χ0) is 29.5. The summed E-state index contributed by atoms with van der Waals surface area (Å²) in [4.78, 5) is 31.1. The predicted molar refractivity (Wildman–Crippen MR) is 165 cm³/mol. The molecular weight excluding hydrogens is 546 g/mol. The first-order valence-electron chi connectivity index (χ1n) is 14.5. The standard InChI is InChI=1S/C34H37N3O4S/c1-2-21-36(42(40,41)32-15-7-4-8-16-32)26-33(38)37(25-27-11-5-3-6-12-27)31-19-22-35(23-20-31)34(39)30-18-17-28-13-9-10-14-29(28)24-30/h3-18,24,31H,2,19-23,25-26H2,1H3. The molecule has 0 aromatic heterocycles. The summed E-state index contributed by atoms with van der Waals surface area (Å²) in [5, 5.41) is 2.12. The third-order valence-electron chi connectivity index (χ3n) is 7.87. The molecule has 1 heterocycles. The zero-order valence-corrected chi connectivity index (χ0v) is 24.7. The molecule has 4 aromatic rings. The van der Waals surface area contributed by atoms with Gasteiger partial charge in [-0.3, -0.25) is 9.59 Å². The van der Waals surface area contributed by atoms with Crippen molar-refractivity contribution in [3.8, 4) is 0 Å². The van der Waals surface area contributed by atoms with Crippen LogP contribution in [0.5, 0.6) is 0 Å². The lowest BCUT2D eigenvalue weighted by molar-refractivity contribution is -0.135. The highest BCUT2D eigenvalue weighted by atomic mass is 32.2. The molecule has 0 saturated carbocycles. The molecular formula is C34H37N3O4S. The van der Waals surface area contributed by atoms with Gasteiger partial charge in [0.1, 0.15) is 0 Å². The van der Waals surface area contributed by atoms with E-state index in [0.717, 1.165) is 16.3 Å². The van der Waals surface area contributed by atoms with Gasteiger partial charge in [0.05, 0.1) is 11.4 Å².